The third-order valence-corrected chi connectivity index (χ3v) is 2.81. The molecular weight excluding hydrogens is 240 g/mol. The quantitative estimate of drug-likeness (QED) is 0.863. The number of rotatable bonds is 5. The third-order valence-electron chi connectivity index (χ3n) is 2.81. The number of hydrogen-bond acceptors (Lipinski definition) is 3. The zero-order valence-corrected chi connectivity index (χ0v) is 11.1. The highest BCUT2D eigenvalue weighted by atomic mass is 16.1. The van der Waals surface area contributed by atoms with E-state index in [0.29, 0.717) is 18.2 Å². The summed E-state index contributed by atoms with van der Waals surface area (Å²) in [4.78, 5) is 11.1. The predicted octanol–water partition coefficient (Wildman–Crippen LogP) is 2.17. The van der Waals surface area contributed by atoms with Gasteiger partial charge in [-0.1, -0.05) is 6.07 Å². The van der Waals surface area contributed by atoms with E-state index in [1.807, 2.05) is 23.0 Å². The van der Waals surface area contributed by atoms with Gasteiger partial charge in [0.2, 0.25) is 5.91 Å². The molecule has 0 bridgehead atoms. The van der Waals surface area contributed by atoms with Crippen molar-refractivity contribution in [3.63, 3.8) is 0 Å². The lowest BCUT2D eigenvalue weighted by atomic mass is 10.2. The Balaban J connectivity index is 2.01. The molecule has 0 atom stereocenters. The largest absolute Gasteiger partial charge is 0.379 e. The fourth-order valence-electron chi connectivity index (χ4n) is 1.73. The van der Waals surface area contributed by atoms with E-state index in [2.05, 4.69) is 24.3 Å². The molecule has 0 saturated heterocycles. The lowest BCUT2D eigenvalue weighted by molar-refractivity contribution is 0.100. The summed E-state index contributed by atoms with van der Waals surface area (Å²) in [7, 11) is 0. The second-order valence-electron chi connectivity index (χ2n) is 4.68. The van der Waals surface area contributed by atoms with Crippen molar-refractivity contribution in [1.29, 1.82) is 0 Å². The van der Waals surface area contributed by atoms with Crippen LogP contribution in [0.2, 0.25) is 0 Å². The molecule has 0 saturated carbocycles. The van der Waals surface area contributed by atoms with Crippen LogP contribution < -0.4 is 11.1 Å². The minimum Gasteiger partial charge on any atom is -0.379 e. The van der Waals surface area contributed by atoms with E-state index in [4.69, 9.17) is 5.73 Å². The summed E-state index contributed by atoms with van der Waals surface area (Å²) in [5, 5.41) is 7.67. The molecule has 3 N–H and O–H groups in total. The lowest BCUT2D eigenvalue weighted by Gasteiger charge is -2.06. The maximum Gasteiger partial charge on any atom is 0.248 e. The van der Waals surface area contributed by atoms with E-state index in [1.165, 1.54) is 0 Å². The van der Waals surface area contributed by atoms with Crippen molar-refractivity contribution in [3.05, 3.63) is 47.8 Å². The van der Waals surface area contributed by atoms with Gasteiger partial charge in [-0.05, 0) is 38.1 Å². The van der Waals surface area contributed by atoms with Crippen LogP contribution >= 0.6 is 0 Å². The normalized spacial score (nSPS) is 10.7. The first-order valence-corrected chi connectivity index (χ1v) is 6.24. The molecule has 0 radical (unpaired) electrons. The summed E-state index contributed by atoms with van der Waals surface area (Å²) in [5.41, 5.74) is 7.56. The van der Waals surface area contributed by atoms with E-state index in [1.54, 1.807) is 18.2 Å². The molecule has 0 spiro atoms. The van der Waals surface area contributed by atoms with Gasteiger partial charge in [-0.25, -0.2) is 0 Å². The number of primary amides is 1. The van der Waals surface area contributed by atoms with Crippen molar-refractivity contribution in [2.75, 3.05) is 5.32 Å². The molecule has 19 heavy (non-hydrogen) atoms. The van der Waals surface area contributed by atoms with Gasteiger partial charge in [0.05, 0.1) is 12.2 Å². The highest BCUT2D eigenvalue weighted by Gasteiger charge is 2.03. The molecule has 5 heteroatoms. The summed E-state index contributed by atoms with van der Waals surface area (Å²) >= 11 is 0. The summed E-state index contributed by atoms with van der Waals surface area (Å²) in [6.45, 7) is 4.78. The minimum absolute atomic E-state index is 0.354. The maximum absolute atomic E-state index is 11.1. The molecule has 0 aliphatic heterocycles. The summed E-state index contributed by atoms with van der Waals surface area (Å²) in [6.07, 6.45) is 1.96. The summed E-state index contributed by atoms with van der Waals surface area (Å²) in [5.74, 6) is -0.423. The van der Waals surface area contributed by atoms with Crippen molar-refractivity contribution >= 4 is 11.6 Å². The first-order chi connectivity index (χ1) is 9.06. The third kappa shape index (κ3) is 3.34. The number of anilines is 1. The number of hydrogen-bond donors (Lipinski definition) is 2. The molecule has 0 aliphatic rings. The number of carbonyl (C=O) groups is 1. The monoisotopic (exact) mass is 258 g/mol. The van der Waals surface area contributed by atoms with E-state index in [0.717, 1.165) is 11.4 Å². The SMILES string of the molecule is CC(C)n1ccc(CNc2cccc(C(N)=O)c2)n1. The molecular formula is C14H18N4O. The molecule has 1 aromatic carbocycles. The van der Waals surface area contributed by atoms with Crippen molar-refractivity contribution in [3.8, 4) is 0 Å². The van der Waals surface area contributed by atoms with Gasteiger partial charge in [-0.15, -0.1) is 0 Å². The fourth-order valence-corrected chi connectivity index (χ4v) is 1.73. The first-order valence-electron chi connectivity index (χ1n) is 6.24. The Morgan fingerprint density at radius 1 is 1.42 bits per heavy atom. The van der Waals surface area contributed by atoms with Crippen LogP contribution in [-0.4, -0.2) is 15.7 Å². The van der Waals surface area contributed by atoms with E-state index in [9.17, 15) is 4.79 Å². The molecule has 1 heterocycles. The zero-order valence-electron chi connectivity index (χ0n) is 11.1. The molecule has 2 aromatic rings. The molecule has 2 rings (SSSR count). The number of benzene rings is 1. The number of nitrogens with zero attached hydrogens (tertiary/aromatic N) is 2. The Kier molecular flexibility index (Phi) is 3.85. The zero-order chi connectivity index (χ0) is 13.8. The average molecular weight is 258 g/mol. The number of nitrogens with one attached hydrogen (secondary N) is 1. The summed E-state index contributed by atoms with van der Waals surface area (Å²) < 4.78 is 1.91. The molecule has 5 nitrogen and oxygen atoms in total. The topological polar surface area (TPSA) is 72.9 Å². The van der Waals surface area contributed by atoms with Gasteiger partial charge in [0, 0.05) is 23.5 Å². The van der Waals surface area contributed by atoms with Crippen LogP contribution in [0.25, 0.3) is 0 Å². The highest BCUT2D eigenvalue weighted by molar-refractivity contribution is 5.93. The van der Waals surface area contributed by atoms with Crippen molar-refractivity contribution in [2.24, 2.45) is 5.73 Å². The van der Waals surface area contributed by atoms with Gasteiger partial charge in [0.25, 0.3) is 0 Å². The van der Waals surface area contributed by atoms with Gasteiger partial charge in [-0.2, -0.15) is 5.10 Å². The maximum atomic E-state index is 11.1. The Bertz CT molecular complexity index is 574. The number of nitrogens with two attached hydrogens (primary N) is 1. The molecule has 0 fully saturated rings. The van der Waals surface area contributed by atoms with Gasteiger partial charge < -0.3 is 11.1 Å². The standard InChI is InChI=1S/C14H18N4O/c1-10(2)18-7-6-13(17-18)9-16-12-5-3-4-11(8-12)14(15)19/h3-8,10,16H,9H2,1-2H3,(H2,15,19). The Morgan fingerprint density at radius 3 is 2.84 bits per heavy atom. The Labute approximate surface area is 112 Å². The number of aromatic nitrogens is 2. The van der Waals surface area contributed by atoms with Gasteiger partial charge in [0.15, 0.2) is 0 Å². The first kappa shape index (κ1) is 13.1. The molecule has 100 valence electrons. The van der Waals surface area contributed by atoms with Crippen molar-refractivity contribution < 1.29 is 4.79 Å². The van der Waals surface area contributed by atoms with Crippen LogP contribution in [0, 0.1) is 0 Å². The fraction of sp³-hybridized carbons (Fsp3) is 0.286. The van der Waals surface area contributed by atoms with Crippen LogP contribution in [0.1, 0.15) is 35.9 Å². The van der Waals surface area contributed by atoms with Crippen LogP contribution in [-0.2, 0) is 6.54 Å². The molecule has 1 aromatic heterocycles. The molecule has 0 aliphatic carbocycles. The van der Waals surface area contributed by atoms with E-state index < -0.39 is 5.91 Å². The predicted molar refractivity (Wildman–Crippen MR) is 74.9 cm³/mol. The van der Waals surface area contributed by atoms with Crippen molar-refractivity contribution in [2.45, 2.75) is 26.4 Å². The number of amides is 1. The van der Waals surface area contributed by atoms with Crippen LogP contribution in [0.5, 0.6) is 0 Å². The lowest BCUT2D eigenvalue weighted by Crippen LogP contribution is -2.11. The minimum atomic E-state index is -0.423. The smallest absolute Gasteiger partial charge is 0.248 e. The van der Waals surface area contributed by atoms with E-state index in [-0.39, 0.29) is 0 Å². The second-order valence-corrected chi connectivity index (χ2v) is 4.68. The average Bonchev–Trinajstić information content (AvgIpc) is 2.85. The highest BCUT2D eigenvalue weighted by Crippen LogP contribution is 2.12. The van der Waals surface area contributed by atoms with Gasteiger partial charge >= 0.3 is 0 Å². The Hall–Kier alpha value is -2.30. The second kappa shape index (κ2) is 5.56. The molecule has 1 amide bonds. The van der Waals surface area contributed by atoms with E-state index >= 15 is 0 Å². The van der Waals surface area contributed by atoms with Gasteiger partial charge in [0.1, 0.15) is 0 Å². The van der Waals surface area contributed by atoms with Crippen LogP contribution in [0.15, 0.2) is 36.5 Å². The Morgan fingerprint density at radius 2 is 2.21 bits per heavy atom. The van der Waals surface area contributed by atoms with Crippen LogP contribution in [0.4, 0.5) is 5.69 Å². The molecule has 0 unspecified atom stereocenters. The van der Waals surface area contributed by atoms with Crippen molar-refractivity contribution in [1.82, 2.24) is 9.78 Å². The number of carbonyl (C=O) groups excluding carboxylic acids is 1. The van der Waals surface area contributed by atoms with Gasteiger partial charge in [-0.3, -0.25) is 9.48 Å². The van der Waals surface area contributed by atoms with Crippen LogP contribution in [0.3, 0.4) is 0 Å². The summed E-state index contributed by atoms with van der Waals surface area (Å²) in [6, 6.07) is 9.46.